The van der Waals surface area contributed by atoms with Crippen LogP contribution in [0.2, 0.25) is 0 Å². The highest BCUT2D eigenvalue weighted by molar-refractivity contribution is 6.08. The third kappa shape index (κ3) is 1.28. The summed E-state index contributed by atoms with van der Waals surface area (Å²) in [5, 5.41) is 0. The zero-order valence-corrected chi connectivity index (χ0v) is 9.89. The average Bonchev–Trinajstić information content (AvgIpc) is 2.36. The third-order valence-electron chi connectivity index (χ3n) is 3.12. The van der Waals surface area contributed by atoms with Crippen LogP contribution >= 0.6 is 0 Å². The Hall–Kier alpha value is -1.31. The summed E-state index contributed by atoms with van der Waals surface area (Å²) in [6.07, 6.45) is 0. The van der Waals surface area contributed by atoms with Gasteiger partial charge in [0.1, 0.15) is 5.75 Å². The highest BCUT2D eigenvalue weighted by Crippen LogP contribution is 2.40. The van der Waals surface area contributed by atoms with Crippen molar-refractivity contribution in [1.29, 1.82) is 0 Å². The van der Waals surface area contributed by atoms with E-state index in [-0.39, 0.29) is 5.78 Å². The van der Waals surface area contributed by atoms with E-state index in [1.165, 1.54) is 0 Å². The van der Waals surface area contributed by atoms with Gasteiger partial charge in [-0.05, 0) is 51.3 Å². The molecule has 0 spiro atoms. The van der Waals surface area contributed by atoms with Crippen molar-refractivity contribution in [3.05, 3.63) is 28.3 Å². The first-order chi connectivity index (χ1) is 6.84. The molecule has 0 fully saturated rings. The lowest BCUT2D eigenvalue weighted by Crippen LogP contribution is -2.32. The fourth-order valence-corrected chi connectivity index (χ4v) is 2.07. The fourth-order valence-electron chi connectivity index (χ4n) is 2.07. The molecule has 1 heterocycles. The van der Waals surface area contributed by atoms with Gasteiger partial charge in [0.25, 0.3) is 0 Å². The highest BCUT2D eigenvalue weighted by atomic mass is 16.5. The van der Waals surface area contributed by atoms with Crippen molar-refractivity contribution in [1.82, 2.24) is 0 Å². The smallest absolute Gasteiger partial charge is 0.209 e. The molecule has 1 aliphatic rings. The van der Waals surface area contributed by atoms with E-state index in [2.05, 4.69) is 6.07 Å². The number of hydrogen-bond acceptors (Lipinski definition) is 2. The van der Waals surface area contributed by atoms with Crippen LogP contribution in [0, 0.1) is 20.8 Å². The van der Waals surface area contributed by atoms with Crippen molar-refractivity contribution in [3.8, 4) is 5.75 Å². The van der Waals surface area contributed by atoms with Crippen LogP contribution < -0.4 is 4.74 Å². The standard InChI is InChI=1S/C13H16O2/c1-7-6-8(2)11-10(9(7)3)12(14)13(4,5)15-11/h6H,1-5H3. The quantitative estimate of drug-likeness (QED) is 0.649. The molecule has 1 aliphatic heterocycles. The van der Waals surface area contributed by atoms with E-state index >= 15 is 0 Å². The molecule has 1 aromatic rings. The van der Waals surface area contributed by atoms with Gasteiger partial charge in [-0.3, -0.25) is 4.79 Å². The summed E-state index contributed by atoms with van der Waals surface area (Å²) in [6, 6.07) is 2.07. The first-order valence-corrected chi connectivity index (χ1v) is 5.19. The lowest BCUT2D eigenvalue weighted by Gasteiger charge is -2.15. The Morgan fingerprint density at radius 3 is 2.33 bits per heavy atom. The normalized spacial score (nSPS) is 17.5. The second kappa shape index (κ2) is 2.84. The van der Waals surface area contributed by atoms with Gasteiger partial charge >= 0.3 is 0 Å². The van der Waals surface area contributed by atoms with Gasteiger partial charge in [0.15, 0.2) is 5.60 Å². The molecule has 0 amide bonds. The minimum atomic E-state index is -0.703. The molecule has 80 valence electrons. The van der Waals surface area contributed by atoms with Crippen LogP contribution in [-0.2, 0) is 0 Å². The minimum Gasteiger partial charge on any atom is -0.479 e. The maximum absolute atomic E-state index is 12.1. The van der Waals surface area contributed by atoms with Crippen molar-refractivity contribution >= 4 is 5.78 Å². The maximum atomic E-state index is 12.1. The van der Waals surface area contributed by atoms with Gasteiger partial charge < -0.3 is 4.74 Å². The molecule has 1 aromatic carbocycles. The van der Waals surface area contributed by atoms with Gasteiger partial charge in [-0.15, -0.1) is 0 Å². The molecule has 0 radical (unpaired) electrons. The van der Waals surface area contributed by atoms with E-state index in [4.69, 9.17) is 4.74 Å². The van der Waals surface area contributed by atoms with Gasteiger partial charge in [-0.25, -0.2) is 0 Å². The predicted octanol–water partition coefficient (Wildman–Crippen LogP) is 2.97. The molecule has 0 aromatic heterocycles. The molecule has 2 rings (SSSR count). The molecule has 0 aliphatic carbocycles. The Kier molecular flexibility index (Phi) is 1.94. The van der Waals surface area contributed by atoms with Crippen LogP contribution in [0.1, 0.15) is 40.9 Å². The van der Waals surface area contributed by atoms with Crippen LogP contribution in [0.4, 0.5) is 0 Å². The van der Waals surface area contributed by atoms with Gasteiger partial charge in [0.2, 0.25) is 5.78 Å². The number of aryl methyl sites for hydroxylation is 2. The second-order valence-corrected chi connectivity index (χ2v) is 4.78. The topological polar surface area (TPSA) is 26.3 Å². The van der Waals surface area contributed by atoms with Crippen molar-refractivity contribution in [2.45, 2.75) is 40.2 Å². The molecule has 2 nitrogen and oxygen atoms in total. The number of hydrogen-bond donors (Lipinski definition) is 0. The van der Waals surface area contributed by atoms with Crippen molar-refractivity contribution < 1.29 is 9.53 Å². The summed E-state index contributed by atoms with van der Waals surface area (Å²) in [5.74, 6) is 0.870. The van der Waals surface area contributed by atoms with Gasteiger partial charge in [0, 0.05) is 0 Å². The third-order valence-corrected chi connectivity index (χ3v) is 3.12. The summed E-state index contributed by atoms with van der Waals surface area (Å²) in [6.45, 7) is 9.64. The number of carbonyl (C=O) groups is 1. The largest absolute Gasteiger partial charge is 0.479 e. The van der Waals surface area contributed by atoms with Crippen LogP contribution in [0.25, 0.3) is 0 Å². The van der Waals surface area contributed by atoms with E-state index in [1.807, 2.05) is 34.6 Å². The number of Topliss-reactive ketones (excluding diaryl/α,β-unsaturated/α-hetero) is 1. The number of carbonyl (C=O) groups excluding carboxylic acids is 1. The van der Waals surface area contributed by atoms with Crippen molar-refractivity contribution in [3.63, 3.8) is 0 Å². The predicted molar refractivity (Wildman–Crippen MR) is 59.7 cm³/mol. The van der Waals surface area contributed by atoms with Crippen LogP contribution in [0.15, 0.2) is 6.07 Å². The van der Waals surface area contributed by atoms with Crippen LogP contribution in [0.3, 0.4) is 0 Å². The molecular formula is C13H16O2. The summed E-state index contributed by atoms with van der Waals surface area (Å²) in [7, 11) is 0. The van der Waals surface area contributed by atoms with Crippen molar-refractivity contribution in [2.24, 2.45) is 0 Å². The SMILES string of the molecule is Cc1cc(C)c2c(c1C)C(=O)C(C)(C)O2. The van der Waals surface area contributed by atoms with E-state index in [0.717, 1.165) is 28.0 Å². The van der Waals surface area contributed by atoms with E-state index < -0.39 is 5.60 Å². The summed E-state index contributed by atoms with van der Waals surface area (Å²) < 4.78 is 5.72. The summed E-state index contributed by atoms with van der Waals surface area (Å²) in [5.41, 5.74) is 3.32. The van der Waals surface area contributed by atoms with E-state index in [1.54, 1.807) is 0 Å². The first-order valence-electron chi connectivity index (χ1n) is 5.19. The molecule has 0 saturated carbocycles. The Bertz CT molecular complexity index is 456. The molecule has 0 N–H and O–H groups in total. The average molecular weight is 204 g/mol. The molecular weight excluding hydrogens is 188 g/mol. The van der Waals surface area contributed by atoms with Gasteiger partial charge in [0.05, 0.1) is 5.56 Å². The molecule has 2 heteroatoms. The van der Waals surface area contributed by atoms with E-state index in [0.29, 0.717) is 0 Å². The molecule has 0 saturated heterocycles. The number of fused-ring (bicyclic) bond motifs is 1. The monoisotopic (exact) mass is 204 g/mol. The number of ketones is 1. The first kappa shape index (κ1) is 10.2. The Morgan fingerprint density at radius 2 is 1.73 bits per heavy atom. The molecule has 15 heavy (non-hydrogen) atoms. The van der Waals surface area contributed by atoms with Crippen LogP contribution in [-0.4, -0.2) is 11.4 Å². The molecule has 0 bridgehead atoms. The zero-order chi connectivity index (χ0) is 11.4. The second-order valence-electron chi connectivity index (χ2n) is 4.78. The molecule has 0 unspecified atom stereocenters. The fraction of sp³-hybridized carbons (Fsp3) is 0.462. The lowest BCUT2D eigenvalue weighted by atomic mass is 9.92. The number of benzene rings is 1. The minimum absolute atomic E-state index is 0.0989. The number of rotatable bonds is 0. The maximum Gasteiger partial charge on any atom is 0.209 e. The lowest BCUT2D eigenvalue weighted by molar-refractivity contribution is 0.0683. The molecule has 0 atom stereocenters. The Morgan fingerprint density at radius 1 is 1.13 bits per heavy atom. The van der Waals surface area contributed by atoms with Gasteiger partial charge in [-0.1, -0.05) is 6.07 Å². The Labute approximate surface area is 90.3 Å². The van der Waals surface area contributed by atoms with Crippen molar-refractivity contribution in [2.75, 3.05) is 0 Å². The highest BCUT2D eigenvalue weighted by Gasteiger charge is 2.41. The summed E-state index contributed by atoms with van der Waals surface area (Å²) in [4.78, 5) is 12.1. The van der Waals surface area contributed by atoms with Gasteiger partial charge in [-0.2, -0.15) is 0 Å². The van der Waals surface area contributed by atoms with Crippen LogP contribution in [0.5, 0.6) is 5.75 Å². The number of ether oxygens (including phenoxy) is 1. The Balaban J connectivity index is 2.75. The zero-order valence-electron chi connectivity index (χ0n) is 9.89. The van der Waals surface area contributed by atoms with E-state index in [9.17, 15) is 4.79 Å². The summed E-state index contributed by atoms with van der Waals surface area (Å²) >= 11 is 0.